The molecule has 0 saturated carbocycles. The number of esters is 1. The summed E-state index contributed by atoms with van der Waals surface area (Å²) in [5.74, 6) is 0.323. The third kappa shape index (κ3) is 3.91. The normalized spacial score (nSPS) is 18.5. The molecule has 1 aliphatic heterocycles. The van der Waals surface area contributed by atoms with Crippen LogP contribution in [0, 0.1) is 10.8 Å². The van der Waals surface area contributed by atoms with Gasteiger partial charge in [-0.3, -0.25) is 9.69 Å². The quantitative estimate of drug-likeness (QED) is 0.612. The molecule has 1 fully saturated rings. The number of hydrogen-bond acceptors (Lipinski definition) is 6. The minimum Gasteiger partial charge on any atom is -0.466 e. The Morgan fingerprint density at radius 3 is 2.96 bits per heavy atom. The molecule has 0 radical (unpaired) electrons. The lowest BCUT2D eigenvalue weighted by atomic mass is 9.99. The maximum Gasteiger partial charge on any atom is 0.310 e. The van der Waals surface area contributed by atoms with Crippen LogP contribution in [0.3, 0.4) is 0 Å². The summed E-state index contributed by atoms with van der Waals surface area (Å²) in [5.41, 5.74) is 0.894. The highest BCUT2D eigenvalue weighted by atomic mass is 32.1. The van der Waals surface area contributed by atoms with Crippen LogP contribution in [0.2, 0.25) is 0 Å². The fourth-order valence-corrected chi connectivity index (χ4v) is 3.10. The Hall–Kier alpha value is -1.99. The molecule has 2 aromatic rings. The first kappa shape index (κ1) is 16.9. The minimum absolute atomic E-state index is 0.0756. The van der Waals surface area contributed by atoms with Crippen LogP contribution in [0.25, 0.3) is 11.5 Å². The van der Waals surface area contributed by atoms with Crippen molar-refractivity contribution in [1.29, 1.82) is 0 Å². The Kier molecular flexibility index (Phi) is 5.42. The molecule has 1 aromatic carbocycles. The predicted molar refractivity (Wildman–Crippen MR) is 91.7 cm³/mol. The molecule has 1 atom stereocenters. The molecular formula is C17H21N3O3S. The van der Waals surface area contributed by atoms with Gasteiger partial charge in [0.15, 0.2) is 0 Å². The molecular weight excluding hydrogens is 326 g/mol. The van der Waals surface area contributed by atoms with E-state index in [1.165, 1.54) is 0 Å². The van der Waals surface area contributed by atoms with Crippen molar-refractivity contribution in [1.82, 2.24) is 14.7 Å². The van der Waals surface area contributed by atoms with Gasteiger partial charge in [0.25, 0.3) is 4.84 Å². The molecule has 0 N–H and O–H groups in total. The largest absolute Gasteiger partial charge is 0.466 e. The molecule has 2 heterocycles. The predicted octanol–water partition coefficient (Wildman–Crippen LogP) is 3.11. The number of carbonyl (C=O) groups excluding carboxylic acids is 1. The fourth-order valence-electron chi connectivity index (χ4n) is 2.92. The van der Waals surface area contributed by atoms with Gasteiger partial charge in [0, 0.05) is 12.1 Å². The third-order valence-corrected chi connectivity index (χ3v) is 4.38. The first-order chi connectivity index (χ1) is 11.7. The number of piperidine rings is 1. The second kappa shape index (κ2) is 7.72. The Morgan fingerprint density at radius 1 is 1.42 bits per heavy atom. The molecule has 1 unspecified atom stereocenters. The molecule has 128 valence electrons. The van der Waals surface area contributed by atoms with Crippen LogP contribution in [-0.2, 0) is 16.2 Å². The Balaban J connectivity index is 1.69. The summed E-state index contributed by atoms with van der Waals surface area (Å²) in [6.45, 7) is 4.34. The Labute approximate surface area is 146 Å². The second-order valence-electron chi connectivity index (χ2n) is 5.85. The van der Waals surface area contributed by atoms with Crippen LogP contribution in [0.1, 0.15) is 19.8 Å². The monoisotopic (exact) mass is 347 g/mol. The van der Waals surface area contributed by atoms with E-state index in [1.54, 1.807) is 4.68 Å². The Morgan fingerprint density at radius 2 is 2.21 bits per heavy atom. The standard InChI is InChI=1S/C17H21N3O3S/c1-2-22-16(21)14-9-6-10-19(11-14)12-20-17(24)23-15(18-20)13-7-4-3-5-8-13/h3-5,7-8,14H,2,6,9-12H2,1H3. The first-order valence-corrected chi connectivity index (χ1v) is 8.60. The number of rotatable bonds is 5. The van der Waals surface area contributed by atoms with E-state index < -0.39 is 0 Å². The highest BCUT2D eigenvalue weighted by Gasteiger charge is 2.27. The summed E-state index contributed by atoms with van der Waals surface area (Å²) in [6.07, 6.45) is 1.83. The van der Waals surface area contributed by atoms with Gasteiger partial charge in [0.05, 0.1) is 19.2 Å². The van der Waals surface area contributed by atoms with Crippen molar-refractivity contribution < 1.29 is 13.9 Å². The average Bonchev–Trinajstić information content (AvgIpc) is 2.97. The zero-order chi connectivity index (χ0) is 16.9. The Bertz CT molecular complexity index is 741. The molecule has 6 nitrogen and oxygen atoms in total. The molecule has 7 heteroatoms. The van der Waals surface area contributed by atoms with Crippen molar-refractivity contribution in [3.8, 4) is 11.5 Å². The zero-order valence-corrected chi connectivity index (χ0v) is 14.5. The van der Waals surface area contributed by atoms with Gasteiger partial charge in [-0.25, -0.2) is 4.68 Å². The summed E-state index contributed by atoms with van der Waals surface area (Å²) < 4.78 is 12.4. The number of benzene rings is 1. The summed E-state index contributed by atoms with van der Waals surface area (Å²) in [7, 11) is 0. The first-order valence-electron chi connectivity index (χ1n) is 8.19. The van der Waals surface area contributed by atoms with E-state index in [0.717, 1.165) is 24.9 Å². The molecule has 1 aromatic heterocycles. The molecule has 1 saturated heterocycles. The van der Waals surface area contributed by atoms with Crippen molar-refractivity contribution >= 4 is 18.2 Å². The molecule has 0 aliphatic carbocycles. The van der Waals surface area contributed by atoms with Gasteiger partial charge >= 0.3 is 5.97 Å². The maximum atomic E-state index is 11.9. The van der Waals surface area contributed by atoms with Crippen LogP contribution in [0.15, 0.2) is 34.7 Å². The SMILES string of the molecule is CCOC(=O)C1CCCN(Cn2nc(-c3ccccc3)oc2=S)C1. The van der Waals surface area contributed by atoms with Gasteiger partial charge in [-0.05, 0) is 50.7 Å². The van der Waals surface area contributed by atoms with E-state index in [9.17, 15) is 4.79 Å². The summed E-state index contributed by atoms with van der Waals surface area (Å²) in [6, 6.07) is 9.67. The number of carbonyl (C=O) groups is 1. The van der Waals surface area contributed by atoms with Gasteiger partial charge in [0.1, 0.15) is 0 Å². The van der Waals surface area contributed by atoms with Crippen molar-refractivity contribution in [2.45, 2.75) is 26.4 Å². The number of likely N-dealkylation sites (tertiary alicyclic amines) is 1. The second-order valence-corrected chi connectivity index (χ2v) is 6.20. The molecule has 0 spiro atoms. The van der Waals surface area contributed by atoms with Crippen LogP contribution < -0.4 is 0 Å². The summed E-state index contributed by atoms with van der Waals surface area (Å²) in [4.78, 5) is 14.4. The molecule has 3 rings (SSSR count). The van der Waals surface area contributed by atoms with E-state index in [1.807, 2.05) is 37.3 Å². The highest BCUT2D eigenvalue weighted by Crippen LogP contribution is 2.20. The van der Waals surface area contributed by atoms with Gasteiger partial charge in [0.2, 0.25) is 5.89 Å². The van der Waals surface area contributed by atoms with Crippen molar-refractivity contribution in [3.63, 3.8) is 0 Å². The van der Waals surface area contributed by atoms with Crippen LogP contribution >= 0.6 is 12.2 Å². The van der Waals surface area contributed by atoms with Crippen LogP contribution in [0.5, 0.6) is 0 Å². The molecule has 0 amide bonds. The van der Waals surface area contributed by atoms with E-state index >= 15 is 0 Å². The summed E-state index contributed by atoms with van der Waals surface area (Å²) >= 11 is 5.28. The lowest BCUT2D eigenvalue weighted by Crippen LogP contribution is -2.40. The van der Waals surface area contributed by atoms with E-state index in [2.05, 4.69) is 10.00 Å². The van der Waals surface area contributed by atoms with E-state index in [4.69, 9.17) is 21.4 Å². The van der Waals surface area contributed by atoms with Crippen molar-refractivity contribution in [2.24, 2.45) is 5.92 Å². The average molecular weight is 347 g/mol. The lowest BCUT2D eigenvalue weighted by molar-refractivity contribution is -0.150. The smallest absolute Gasteiger partial charge is 0.310 e. The van der Waals surface area contributed by atoms with Crippen molar-refractivity contribution in [2.75, 3.05) is 19.7 Å². The van der Waals surface area contributed by atoms with Crippen molar-refractivity contribution in [3.05, 3.63) is 35.2 Å². The number of nitrogens with zero attached hydrogens (tertiary/aromatic N) is 3. The van der Waals surface area contributed by atoms with E-state index in [0.29, 0.717) is 30.5 Å². The number of hydrogen-bond donors (Lipinski definition) is 0. The van der Waals surface area contributed by atoms with Gasteiger partial charge in [-0.1, -0.05) is 18.2 Å². The van der Waals surface area contributed by atoms with Crippen LogP contribution in [-0.4, -0.2) is 40.3 Å². The topological polar surface area (TPSA) is 60.5 Å². The maximum absolute atomic E-state index is 11.9. The van der Waals surface area contributed by atoms with Gasteiger partial charge in [-0.2, -0.15) is 0 Å². The lowest BCUT2D eigenvalue weighted by Gasteiger charge is -2.30. The number of aromatic nitrogens is 2. The number of ether oxygens (including phenoxy) is 1. The van der Waals surface area contributed by atoms with Crippen LogP contribution in [0.4, 0.5) is 0 Å². The molecule has 1 aliphatic rings. The highest BCUT2D eigenvalue weighted by molar-refractivity contribution is 7.71. The fraction of sp³-hybridized carbons (Fsp3) is 0.471. The van der Waals surface area contributed by atoms with E-state index in [-0.39, 0.29) is 11.9 Å². The zero-order valence-electron chi connectivity index (χ0n) is 13.7. The molecule has 24 heavy (non-hydrogen) atoms. The van der Waals surface area contributed by atoms with Gasteiger partial charge < -0.3 is 9.15 Å². The van der Waals surface area contributed by atoms with Gasteiger partial charge in [-0.15, -0.1) is 5.10 Å². The summed E-state index contributed by atoms with van der Waals surface area (Å²) in [5, 5.41) is 4.47. The molecule has 0 bridgehead atoms. The third-order valence-electron chi connectivity index (χ3n) is 4.09. The minimum atomic E-state index is -0.115.